The Morgan fingerprint density at radius 3 is 2.00 bits per heavy atom. The summed E-state index contributed by atoms with van der Waals surface area (Å²) in [6.45, 7) is 11.6. The van der Waals surface area contributed by atoms with Gasteiger partial charge in [0.1, 0.15) is 0 Å². The molecule has 0 spiro atoms. The smallest absolute Gasteiger partial charge is 0.0452 e. The Kier molecular flexibility index (Phi) is 3.20. The molecule has 0 bridgehead atoms. The van der Waals surface area contributed by atoms with Crippen LogP contribution in [-0.2, 0) is 0 Å². The minimum atomic E-state index is 0.429. The van der Waals surface area contributed by atoms with E-state index in [1.165, 1.54) is 2.91 Å². The summed E-state index contributed by atoms with van der Waals surface area (Å²) < 4.78 is 1.51. The molecule has 0 saturated carbocycles. The average Bonchev–Trinajstić information content (AvgIpc) is 2.15. The maximum absolute atomic E-state index is 2.47. The SMILES string of the molecule is CC1=C(I)SC(C(C)(C)C)C1C. The van der Waals surface area contributed by atoms with Crippen molar-refractivity contribution >= 4 is 34.4 Å². The number of rotatable bonds is 0. The van der Waals surface area contributed by atoms with Gasteiger partial charge >= 0.3 is 0 Å². The van der Waals surface area contributed by atoms with Gasteiger partial charge in [-0.25, -0.2) is 0 Å². The Labute approximate surface area is 93.7 Å². The van der Waals surface area contributed by atoms with Crippen molar-refractivity contribution in [2.24, 2.45) is 11.3 Å². The topological polar surface area (TPSA) is 0 Å². The normalized spacial score (nSPS) is 31.5. The summed E-state index contributed by atoms with van der Waals surface area (Å²) in [5.74, 6) is 0.752. The highest BCUT2D eigenvalue weighted by molar-refractivity contribution is 14.1. The monoisotopic (exact) mass is 296 g/mol. The number of hydrogen-bond donors (Lipinski definition) is 0. The van der Waals surface area contributed by atoms with Crippen molar-refractivity contribution in [3.8, 4) is 0 Å². The predicted molar refractivity (Wildman–Crippen MR) is 66.7 cm³/mol. The summed E-state index contributed by atoms with van der Waals surface area (Å²) in [7, 11) is 0. The highest BCUT2D eigenvalue weighted by Crippen LogP contribution is 2.51. The molecule has 0 nitrogen and oxygen atoms in total. The Morgan fingerprint density at radius 2 is 1.83 bits per heavy atom. The Hall–Kier alpha value is 0.820. The number of hydrogen-bond acceptors (Lipinski definition) is 1. The molecular weight excluding hydrogens is 279 g/mol. The van der Waals surface area contributed by atoms with Gasteiger partial charge in [0.05, 0.1) is 0 Å². The highest BCUT2D eigenvalue weighted by atomic mass is 127. The lowest BCUT2D eigenvalue weighted by Gasteiger charge is -2.30. The van der Waals surface area contributed by atoms with Crippen molar-refractivity contribution in [1.82, 2.24) is 0 Å². The van der Waals surface area contributed by atoms with Gasteiger partial charge in [-0.05, 0) is 46.4 Å². The van der Waals surface area contributed by atoms with E-state index >= 15 is 0 Å². The fourth-order valence-corrected chi connectivity index (χ4v) is 4.31. The van der Waals surface area contributed by atoms with Crippen molar-refractivity contribution in [1.29, 1.82) is 0 Å². The van der Waals surface area contributed by atoms with Crippen molar-refractivity contribution in [2.75, 3.05) is 0 Å². The molecule has 12 heavy (non-hydrogen) atoms. The lowest BCUT2D eigenvalue weighted by molar-refractivity contribution is 0.349. The van der Waals surface area contributed by atoms with Crippen LogP contribution in [0.3, 0.4) is 0 Å². The summed E-state index contributed by atoms with van der Waals surface area (Å²) in [6, 6.07) is 0. The second-order valence-electron chi connectivity index (χ2n) is 4.65. The Morgan fingerprint density at radius 1 is 1.33 bits per heavy atom. The molecule has 1 aliphatic heterocycles. The third-order valence-corrected chi connectivity index (χ3v) is 6.04. The van der Waals surface area contributed by atoms with Gasteiger partial charge in [-0.1, -0.05) is 27.7 Å². The largest absolute Gasteiger partial charge is 0.115 e. The molecule has 1 aliphatic rings. The zero-order chi connectivity index (χ0) is 9.52. The maximum atomic E-state index is 2.47. The lowest BCUT2D eigenvalue weighted by Crippen LogP contribution is -2.27. The van der Waals surface area contributed by atoms with E-state index in [0.717, 1.165) is 11.2 Å². The Bertz CT molecular complexity index is 212. The predicted octanol–water partition coefficient (Wildman–Crippen LogP) is 4.45. The molecule has 0 aromatic heterocycles. The van der Waals surface area contributed by atoms with Gasteiger partial charge in [-0.2, -0.15) is 0 Å². The van der Waals surface area contributed by atoms with E-state index in [2.05, 4.69) is 69.0 Å². The molecule has 0 radical (unpaired) electrons. The molecular formula is C10H17IS. The van der Waals surface area contributed by atoms with Crippen molar-refractivity contribution in [2.45, 2.75) is 39.9 Å². The van der Waals surface area contributed by atoms with Crippen molar-refractivity contribution in [3.05, 3.63) is 8.48 Å². The number of halogens is 1. The van der Waals surface area contributed by atoms with Crippen LogP contribution in [0.15, 0.2) is 8.48 Å². The van der Waals surface area contributed by atoms with E-state index in [1.54, 1.807) is 5.57 Å². The van der Waals surface area contributed by atoms with Crippen LogP contribution in [-0.4, -0.2) is 5.25 Å². The summed E-state index contributed by atoms with van der Waals surface area (Å²) in [6.07, 6.45) is 0. The van der Waals surface area contributed by atoms with Gasteiger partial charge in [0.2, 0.25) is 0 Å². The average molecular weight is 296 g/mol. The maximum Gasteiger partial charge on any atom is 0.0452 e. The molecule has 0 saturated heterocycles. The third kappa shape index (κ3) is 2.00. The van der Waals surface area contributed by atoms with Crippen LogP contribution in [0.25, 0.3) is 0 Å². The van der Waals surface area contributed by atoms with E-state index in [-0.39, 0.29) is 0 Å². The molecule has 70 valence electrons. The minimum Gasteiger partial charge on any atom is -0.115 e. The standard InChI is InChI=1S/C10H17IS/c1-6-7(2)9(11)12-8(6)10(3,4)5/h6,8H,1-5H3. The molecule has 2 heteroatoms. The van der Waals surface area contributed by atoms with Crippen LogP contribution in [0.1, 0.15) is 34.6 Å². The van der Waals surface area contributed by atoms with E-state index in [0.29, 0.717) is 5.41 Å². The summed E-state index contributed by atoms with van der Waals surface area (Å²) in [5.41, 5.74) is 2.01. The summed E-state index contributed by atoms with van der Waals surface area (Å²) in [5, 5.41) is 0.768. The second-order valence-corrected chi connectivity index (χ2v) is 7.61. The van der Waals surface area contributed by atoms with Crippen molar-refractivity contribution in [3.63, 3.8) is 0 Å². The zero-order valence-electron chi connectivity index (χ0n) is 8.44. The third-order valence-electron chi connectivity index (χ3n) is 2.53. The molecule has 2 unspecified atom stereocenters. The Balaban J connectivity index is 2.80. The quantitative estimate of drug-likeness (QED) is 0.595. The van der Waals surface area contributed by atoms with E-state index in [9.17, 15) is 0 Å². The molecule has 0 aliphatic carbocycles. The van der Waals surface area contributed by atoms with Crippen molar-refractivity contribution < 1.29 is 0 Å². The van der Waals surface area contributed by atoms with Crippen LogP contribution in [0.5, 0.6) is 0 Å². The first-order valence-corrected chi connectivity index (χ1v) is 6.33. The molecule has 1 heterocycles. The number of allylic oxidation sites excluding steroid dienone is 1. The van der Waals surface area contributed by atoms with Gasteiger partial charge in [-0.15, -0.1) is 11.8 Å². The van der Waals surface area contributed by atoms with Crippen LogP contribution in [0.2, 0.25) is 0 Å². The van der Waals surface area contributed by atoms with E-state index in [4.69, 9.17) is 0 Å². The first-order chi connectivity index (χ1) is 5.34. The number of thioether (sulfide) groups is 1. The van der Waals surface area contributed by atoms with Gasteiger partial charge in [0.15, 0.2) is 0 Å². The summed E-state index contributed by atoms with van der Waals surface area (Å²) >= 11 is 4.53. The first kappa shape index (κ1) is 10.9. The molecule has 0 fully saturated rings. The van der Waals surface area contributed by atoms with E-state index in [1.807, 2.05) is 0 Å². The fraction of sp³-hybridized carbons (Fsp3) is 0.800. The molecule has 2 atom stereocenters. The van der Waals surface area contributed by atoms with Crippen LogP contribution >= 0.6 is 34.4 Å². The highest BCUT2D eigenvalue weighted by Gasteiger charge is 2.36. The first-order valence-electron chi connectivity index (χ1n) is 4.37. The molecule has 0 aromatic rings. The lowest BCUT2D eigenvalue weighted by atomic mass is 9.82. The fourth-order valence-electron chi connectivity index (χ4n) is 1.64. The molecule has 0 N–H and O–H groups in total. The second kappa shape index (κ2) is 3.52. The molecule has 0 aromatic carbocycles. The molecule has 0 amide bonds. The van der Waals surface area contributed by atoms with Crippen LogP contribution < -0.4 is 0 Å². The van der Waals surface area contributed by atoms with Gasteiger partial charge in [0, 0.05) is 8.16 Å². The summed E-state index contributed by atoms with van der Waals surface area (Å²) in [4.78, 5) is 0. The van der Waals surface area contributed by atoms with Gasteiger partial charge in [-0.3, -0.25) is 0 Å². The van der Waals surface area contributed by atoms with Gasteiger partial charge < -0.3 is 0 Å². The molecule has 1 rings (SSSR count). The van der Waals surface area contributed by atoms with E-state index < -0.39 is 0 Å². The van der Waals surface area contributed by atoms with Crippen LogP contribution in [0, 0.1) is 11.3 Å². The van der Waals surface area contributed by atoms with Gasteiger partial charge in [0.25, 0.3) is 0 Å². The minimum absolute atomic E-state index is 0.429. The van der Waals surface area contributed by atoms with Crippen LogP contribution in [0.4, 0.5) is 0 Å². The zero-order valence-corrected chi connectivity index (χ0v) is 11.4.